The fourth-order valence-corrected chi connectivity index (χ4v) is 9.81. The molecule has 2 fully saturated rings. The van der Waals surface area contributed by atoms with Crippen LogP contribution in [0.3, 0.4) is 0 Å². The number of ketones is 1. The summed E-state index contributed by atoms with van der Waals surface area (Å²) in [5.41, 5.74) is 9.97. The van der Waals surface area contributed by atoms with E-state index in [4.69, 9.17) is 15.2 Å². The summed E-state index contributed by atoms with van der Waals surface area (Å²) in [6.45, 7) is 0.0118. The average Bonchev–Trinajstić information content (AvgIpc) is 3.49. The molecule has 0 saturated heterocycles. The first-order valence-electron chi connectivity index (χ1n) is 18.6. The van der Waals surface area contributed by atoms with Crippen molar-refractivity contribution in [2.24, 2.45) is 17.6 Å². The molecule has 7 N–H and O–H groups in total. The first kappa shape index (κ1) is 35.7. The van der Waals surface area contributed by atoms with Crippen LogP contribution in [0.25, 0.3) is 0 Å². The van der Waals surface area contributed by atoms with Gasteiger partial charge in [-0.3, -0.25) is 10.5 Å². The van der Waals surface area contributed by atoms with Crippen LogP contribution in [0, 0.1) is 11.8 Å². The van der Waals surface area contributed by atoms with Crippen LogP contribution >= 0.6 is 0 Å². The summed E-state index contributed by atoms with van der Waals surface area (Å²) in [6.07, 6.45) is 6.26. The Kier molecular flexibility index (Phi) is 10.3. The summed E-state index contributed by atoms with van der Waals surface area (Å²) in [5, 5.41) is 54.7. The van der Waals surface area contributed by atoms with E-state index in [1.807, 2.05) is 12.1 Å². The molecule has 0 unspecified atom stereocenters. The second kappa shape index (κ2) is 15.1. The maximum Gasteiger partial charge on any atom is 0.200 e. The minimum atomic E-state index is -0.914. The smallest absolute Gasteiger partial charge is 0.200 e. The largest absolute Gasteiger partial charge is 0.508 e. The first-order chi connectivity index (χ1) is 25.2. The van der Waals surface area contributed by atoms with Gasteiger partial charge in [0, 0.05) is 18.4 Å². The van der Waals surface area contributed by atoms with Crippen LogP contribution in [0.1, 0.15) is 97.4 Å². The Balaban J connectivity index is 1.23. The van der Waals surface area contributed by atoms with E-state index in [1.165, 1.54) is 11.6 Å². The van der Waals surface area contributed by atoms with E-state index in [-0.39, 0.29) is 95.5 Å². The number of phenolic OH excluding ortho intramolecular Hbond substituents is 4. The van der Waals surface area contributed by atoms with Crippen molar-refractivity contribution < 1.29 is 39.8 Å². The lowest BCUT2D eigenvalue weighted by molar-refractivity contribution is -0.122. The maximum absolute atomic E-state index is 13.5. The highest BCUT2D eigenvalue weighted by molar-refractivity contribution is 5.79. The Morgan fingerprint density at radius 3 is 2.40 bits per heavy atom. The third-order valence-corrected chi connectivity index (χ3v) is 12.1. The number of nitrogens with two attached hydrogens (primary N) is 1. The van der Waals surface area contributed by atoms with E-state index in [0.717, 1.165) is 60.8 Å². The maximum atomic E-state index is 13.5. The molecule has 274 valence electrons. The number of aliphatic hydroxyl groups is 1. The molecule has 4 aromatic rings. The molecular weight excluding hydrogens is 658 g/mol. The number of Topliss-reactive ketones (excluding diaryl/α,β-unsaturated/α-hetero) is 1. The SMILES string of the molecule is NCOc1cc(CCC(=O)C[C@H](O)[C@@H]2CC[C@H]3C[C@H](C4(c5ccccc5)CCCC4)[C@@H]2c2cc(O)c(O)c(OCc4cccc(O)c4)c23)ccc1O. The third kappa shape index (κ3) is 6.92. The Labute approximate surface area is 304 Å². The van der Waals surface area contributed by atoms with Gasteiger partial charge in [-0.15, -0.1) is 0 Å². The zero-order valence-corrected chi connectivity index (χ0v) is 29.4. The van der Waals surface area contributed by atoms with Gasteiger partial charge in [-0.2, -0.15) is 0 Å². The highest BCUT2D eigenvalue weighted by Crippen LogP contribution is 2.65. The number of carbonyl (C=O) groups excluding carboxylic acids is 1. The van der Waals surface area contributed by atoms with Gasteiger partial charge in [0.1, 0.15) is 24.9 Å². The summed E-state index contributed by atoms with van der Waals surface area (Å²) in [7, 11) is 0. The molecule has 0 aromatic heterocycles. The number of aromatic hydroxyl groups is 4. The van der Waals surface area contributed by atoms with E-state index in [1.54, 1.807) is 36.4 Å². The lowest BCUT2D eigenvalue weighted by Crippen LogP contribution is -2.43. The van der Waals surface area contributed by atoms with E-state index in [2.05, 4.69) is 24.3 Å². The highest BCUT2D eigenvalue weighted by Gasteiger charge is 2.55. The summed E-state index contributed by atoms with van der Waals surface area (Å²) >= 11 is 0. The molecule has 4 aromatic carbocycles. The monoisotopic (exact) mass is 707 g/mol. The Hall–Kier alpha value is -4.73. The lowest BCUT2D eigenvalue weighted by atomic mass is 9.55. The number of carbonyl (C=O) groups is 1. The Morgan fingerprint density at radius 2 is 1.65 bits per heavy atom. The number of hydrogen-bond donors (Lipinski definition) is 6. The minimum absolute atomic E-state index is 0.00138. The standard InChI is InChI=1S/C43H49NO8/c44-25-52-38-20-26(12-16-35(38)47)11-14-31(46)22-36(48)32-15-13-28-21-34(43(17-4-5-18-43)29-8-2-1-3-9-29)40(32)33-23-37(49)41(50)42(39(28)33)51-24-27-7-6-10-30(45)19-27/h1-3,6-10,12,16,19-20,23,28,32,34,36,40,45,47-50H,4-5,11,13-15,17-18,21-22,24-25,44H2/t28-,32-,34-,36-,40-/m0/s1. The summed E-state index contributed by atoms with van der Waals surface area (Å²) < 4.78 is 11.6. The normalized spacial score (nSPS) is 22.3. The van der Waals surface area contributed by atoms with Gasteiger partial charge < -0.3 is 35.0 Å². The van der Waals surface area contributed by atoms with E-state index < -0.39 is 6.10 Å². The minimum Gasteiger partial charge on any atom is -0.508 e. The zero-order valence-electron chi connectivity index (χ0n) is 29.4. The molecule has 9 nitrogen and oxygen atoms in total. The number of hydrogen-bond acceptors (Lipinski definition) is 9. The molecule has 0 radical (unpaired) electrons. The van der Waals surface area contributed by atoms with Gasteiger partial charge >= 0.3 is 0 Å². The van der Waals surface area contributed by atoms with E-state index in [0.29, 0.717) is 12.8 Å². The lowest BCUT2D eigenvalue weighted by Gasteiger charge is -2.49. The van der Waals surface area contributed by atoms with E-state index in [9.17, 15) is 30.3 Å². The number of rotatable bonds is 13. The van der Waals surface area contributed by atoms with Crippen molar-refractivity contribution in [2.75, 3.05) is 6.73 Å². The number of benzene rings is 4. The Bertz CT molecular complexity index is 1890. The highest BCUT2D eigenvalue weighted by atomic mass is 16.5. The van der Waals surface area contributed by atoms with Crippen LogP contribution in [0.2, 0.25) is 0 Å². The molecular formula is C43H49NO8. The van der Waals surface area contributed by atoms with Crippen LogP contribution in [0.5, 0.6) is 34.5 Å². The third-order valence-electron chi connectivity index (χ3n) is 12.1. The second-order valence-electron chi connectivity index (χ2n) is 15.0. The van der Waals surface area contributed by atoms with Crippen LogP contribution < -0.4 is 15.2 Å². The number of aliphatic hydroxyl groups excluding tert-OH is 1. The molecule has 4 aliphatic rings. The average molecular weight is 708 g/mol. The van der Waals surface area contributed by atoms with E-state index >= 15 is 0 Å². The number of phenols is 4. The van der Waals surface area contributed by atoms with Gasteiger partial charge in [0.15, 0.2) is 23.0 Å². The van der Waals surface area contributed by atoms with Gasteiger partial charge in [0.25, 0.3) is 0 Å². The van der Waals surface area contributed by atoms with Crippen LogP contribution in [-0.4, -0.2) is 44.2 Å². The number of fused-ring (bicyclic) bond motifs is 3. The number of ether oxygens (including phenoxy) is 2. The summed E-state index contributed by atoms with van der Waals surface area (Å²) in [6, 6.07) is 24.1. The van der Waals surface area contributed by atoms with Crippen LogP contribution in [0.4, 0.5) is 0 Å². The van der Waals surface area contributed by atoms with Gasteiger partial charge in [0.2, 0.25) is 5.75 Å². The van der Waals surface area contributed by atoms with Crippen molar-refractivity contribution in [3.63, 3.8) is 0 Å². The first-order valence-corrected chi connectivity index (χ1v) is 18.6. The molecule has 8 rings (SSSR count). The molecule has 9 heteroatoms. The van der Waals surface area contributed by atoms with Crippen molar-refractivity contribution in [1.29, 1.82) is 0 Å². The van der Waals surface area contributed by atoms with Gasteiger partial charge in [0.05, 0.1) is 6.10 Å². The van der Waals surface area contributed by atoms with Crippen molar-refractivity contribution >= 4 is 5.78 Å². The van der Waals surface area contributed by atoms with Crippen molar-refractivity contribution in [3.8, 4) is 34.5 Å². The Morgan fingerprint density at radius 1 is 0.865 bits per heavy atom. The number of aryl methyl sites for hydroxylation is 1. The molecule has 0 aliphatic heterocycles. The van der Waals surface area contributed by atoms with Crippen LogP contribution in [-0.2, 0) is 23.2 Å². The van der Waals surface area contributed by atoms with Gasteiger partial charge in [-0.05, 0) is 120 Å². The summed E-state index contributed by atoms with van der Waals surface area (Å²) in [5.74, 6) is -0.324. The molecule has 0 amide bonds. The van der Waals surface area contributed by atoms with Crippen LogP contribution in [0.15, 0.2) is 78.9 Å². The quantitative estimate of drug-likeness (QED) is 0.0612. The topological polar surface area (TPSA) is 163 Å². The predicted octanol–water partition coefficient (Wildman–Crippen LogP) is 7.45. The molecule has 2 saturated carbocycles. The van der Waals surface area contributed by atoms with Gasteiger partial charge in [-0.25, -0.2) is 0 Å². The second-order valence-corrected chi connectivity index (χ2v) is 15.0. The van der Waals surface area contributed by atoms with Gasteiger partial charge in [-0.1, -0.05) is 61.4 Å². The molecule has 52 heavy (non-hydrogen) atoms. The molecule has 5 atom stereocenters. The predicted molar refractivity (Wildman–Crippen MR) is 197 cm³/mol. The molecule has 0 heterocycles. The summed E-state index contributed by atoms with van der Waals surface area (Å²) in [4.78, 5) is 13.5. The zero-order chi connectivity index (χ0) is 36.4. The molecule has 2 bridgehead atoms. The molecule has 4 aliphatic carbocycles. The fraction of sp³-hybridized carbons (Fsp3) is 0.419. The van der Waals surface area contributed by atoms with Crippen molar-refractivity contribution in [2.45, 2.75) is 94.2 Å². The molecule has 0 spiro atoms. The fourth-order valence-electron chi connectivity index (χ4n) is 9.81. The van der Waals surface area contributed by atoms with Crippen molar-refractivity contribution in [1.82, 2.24) is 0 Å². The van der Waals surface area contributed by atoms with Crippen molar-refractivity contribution in [3.05, 3.63) is 107 Å².